The maximum Gasteiger partial charge on any atom is 0.234 e. The molecule has 1 aliphatic heterocycles. The van der Waals surface area contributed by atoms with Crippen LogP contribution in [-0.2, 0) is 11.3 Å². The van der Waals surface area contributed by atoms with E-state index in [1.165, 1.54) is 34.9 Å². The van der Waals surface area contributed by atoms with E-state index in [0.29, 0.717) is 5.75 Å². The first-order chi connectivity index (χ1) is 11.1. The van der Waals surface area contributed by atoms with Gasteiger partial charge in [0.25, 0.3) is 0 Å². The molecule has 0 N–H and O–H groups in total. The fourth-order valence-electron chi connectivity index (χ4n) is 2.55. The Morgan fingerprint density at radius 2 is 1.91 bits per heavy atom. The Kier molecular flexibility index (Phi) is 4.52. The second-order valence-corrected chi connectivity index (χ2v) is 6.23. The van der Waals surface area contributed by atoms with Crippen molar-refractivity contribution in [3.05, 3.63) is 65.2 Å². The van der Waals surface area contributed by atoms with Crippen LogP contribution in [0.25, 0.3) is 0 Å². The number of amides is 1. The van der Waals surface area contributed by atoms with Crippen molar-refractivity contribution in [2.45, 2.75) is 11.9 Å². The molecule has 1 aliphatic rings. The topological polar surface area (TPSA) is 29.5 Å². The Bertz CT molecular complexity index is 718. The first kappa shape index (κ1) is 15.8. The summed E-state index contributed by atoms with van der Waals surface area (Å²) in [5.41, 5.74) is 0.785. The quantitative estimate of drug-likeness (QED) is 0.852. The highest BCUT2D eigenvalue weighted by Crippen LogP contribution is 2.40. The predicted octanol–water partition coefficient (Wildman–Crippen LogP) is 3.75. The molecule has 0 bridgehead atoms. The van der Waals surface area contributed by atoms with Crippen LogP contribution in [0.5, 0.6) is 5.75 Å². The zero-order valence-electron chi connectivity index (χ0n) is 12.5. The van der Waals surface area contributed by atoms with E-state index in [1.807, 2.05) is 24.3 Å². The number of benzene rings is 2. The van der Waals surface area contributed by atoms with Crippen LogP contribution >= 0.6 is 11.8 Å². The van der Waals surface area contributed by atoms with E-state index in [0.717, 1.165) is 5.56 Å². The van der Waals surface area contributed by atoms with E-state index in [-0.39, 0.29) is 29.1 Å². The standard InChI is InChI=1S/C17H15F2NO2S/c1-22-12-5-2-4-11(8-12)17-20(16(21)10-23-17)9-13-14(18)6-3-7-15(13)19/h2-8,17H,9-10H2,1H3. The lowest BCUT2D eigenvalue weighted by atomic mass is 10.1. The van der Waals surface area contributed by atoms with Crippen LogP contribution < -0.4 is 4.74 Å². The molecule has 6 heteroatoms. The monoisotopic (exact) mass is 335 g/mol. The van der Waals surface area contributed by atoms with Crippen LogP contribution in [0.2, 0.25) is 0 Å². The van der Waals surface area contributed by atoms with E-state index in [9.17, 15) is 13.6 Å². The normalized spacial score (nSPS) is 17.6. The molecule has 23 heavy (non-hydrogen) atoms. The third-order valence-electron chi connectivity index (χ3n) is 3.74. The van der Waals surface area contributed by atoms with Crippen molar-refractivity contribution in [2.75, 3.05) is 12.9 Å². The van der Waals surface area contributed by atoms with Crippen molar-refractivity contribution < 1.29 is 18.3 Å². The third-order valence-corrected chi connectivity index (χ3v) is 4.99. The Hall–Kier alpha value is -2.08. The van der Waals surface area contributed by atoms with Gasteiger partial charge in [-0.15, -0.1) is 11.8 Å². The first-order valence-corrected chi connectivity index (χ1v) is 8.13. The highest BCUT2D eigenvalue weighted by Gasteiger charge is 2.34. The summed E-state index contributed by atoms with van der Waals surface area (Å²) in [5, 5.41) is -0.281. The summed E-state index contributed by atoms with van der Waals surface area (Å²) in [7, 11) is 1.57. The molecule has 2 aromatic rings. The molecule has 0 aromatic heterocycles. The van der Waals surface area contributed by atoms with E-state index >= 15 is 0 Å². The van der Waals surface area contributed by atoms with Gasteiger partial charge in [-0.05, 0) is 29.8 Å². The first-order valence-electron chi connectivity index (χ1n) is 7.08. The molecule has 3 rings (SSSR count). The summed E-state index contributed by atoms with van der Waals surface area (Å²) in [6, 6.07) is 11.1. The lowest BCUT2D eigenvalue weighted by molar-refractivity contribution is -0.128. The van der Waals surface area contributed by atoms with Crippen molar-refractivity contribution in [1.82, 2.24) is 4.90 Å². The predicted molar refractivity (Wildman–Crippen MR) is 85.1 cm³/mol. The fourth-order valence-corrected chi connectivity index (χ4v) is 3.73. The van der Waals surface area contributed by atoms with E-state index in [2.05, 4.69) is 0 Å². The third kappa shape index (κ3) is 3.17. The number of halogens is 2. The number of hydrogen-bond acceptors (Lipinski definition) is 3. The van der Waals surface area contributed by atoms with Crippen molar-refractivity contribution in [2.24, 2.45) is 0 Å². The number of rotatable bonds is 4. The summed E-state index contributed by atoms with van der Waals surface area (Å²) in [6.07, 6.45) is 0. The van der Waals surface area contributed by atoms with Gasteiger partial charge in [-0.2, -0.15) is 0 Å². The number of carbonyl (C=O) groups is 1. The fraction of sp³-hybridized carbons (Fsp3) is 0.235. The molecule has 120 valence electrons. The van der Waals surface area contributed by atoms with Crippen LogP contribution in [0.15, 0.2) is 42.5 Å². The van der Waals surface area contributed by atoms with Gasteiger partial charge in [-0.25, -0.2) is 8.78 Å². The van der Waals surface area contributed by atoms with Crippen LogP contribution in [0.3, 0.4) is 0 Å². The molecular formula is C17H15F2NO2S. The van der Waals surface area contributed by atoms with Crippen molar-refractivity contribution in [1.29, 1.82) is 0 Å². The molecule has 1 fully saturated rings. The SMILES string of the molecule is COc1cccc(C2SCC(=O)N2Cc2c(F)cccc2F)c1. The number of nitrogens with zero attached hydrogens (tertiary/aromatic N) is 1. The van der Waals surface area contributed by atoms with Gasteiger partial charge in [-0.3, -0.25) is 4.79 Å². The summed E-state index contributed by atoms with van der Waals surface area (Å²) in [4.78, 5) is 13.7. The van der Waals surface area contributed by atoms with Gasteiger partial charge in [0.05, 0.1) is 19.4 Å². The Balaban J connectivity index is 1.91. The summed E-state index contributed by atoms with van der Waals surface area (Å²) in [6.45, 7) is -0.0911. The van der Waals surface area contributed by atoms with Crippen molar-refractivity contribution in [3.63, 3.8) is 0 Å². The summed E-state index contributed by atoms with van der Waals surface area (Å²) >= 11 is 1.44. The lowest BCUT2D eigenvalue weighted by Crippen LogP contribution is -2.28. The van der Waals surface area contributed by atoms with Crippen LogP contribution in [0.1, 0.15) is 16.5 Å². The minimum absolute atomic E-state index is 0.0868. The Morgan fingerprint density at radius 1 is 1.22 bits per heavy atom. The molecule has 1 unspecified atom stereocenters. The summed E-state index contributed by atoms with van der Waals surface area (Å²) < 4.78 is 32.9. The van der Waals surface area contributed by atoms with Gasteiger partial charge in [0.2, 0.25) is 5.91 Å². The molecule has 2 aromatic carbocycles. The van der Waals surface area contributed by atoms with E-state index in [1.54, 1.807) is 7.11 Å². The smallest absolute Gasteiger partial charge is 0.234 e. The molecule has 0 aliphatic carbocycles. The average Bonchev–Trinajstić information content (AvgIpc) is 2.92. The molecule has 1 saturated heterocycles. The minimum atomic E-state index is -0.640. The largest absolute Gasteiger partial charge is 0.497 e. The van der Waals surface area contributed by atoms with Gasteiger partial charge in [-0.1, -0.05) is 18.2 Å². The molecule has 0 saturated carbocycles. The van der Waals surface area contributed by atoms with Gasteiger partial charge in [0, 0.05) is 5.56 Å². The van der Waals surface area contributed by atoms with Gasteiger partial charge in [0.1, 0.15) is 22.8 Å². The van der Waals surface area contributed by atoms with Crippen LogP contribution in [-0.4, -0.2) is 23.7 Å². The van der Waals surface area contributed by atoms with Crippen molar-refractivity contribution >= 4 is 17.7 Å². The molecular weight excluding hydrogens is 320 g/mol. The van der Waals surface area contributed by atoms with Crippen LogP contribution in [0.4, 0.5) is 8.78 Å². The molecule has 1 heterocycles. The molecule has 1 amide bonds. The zero-order valence-corrected chi connectivity index (χ0v) is 13.3. The second-order valence-electron chi connectivity index (χ2n) is 5.16. The number of thioether (sulfide) groups is 1. The van der Waals surface area contributed by atoms with E-state index in [4.69, 9.17) is 4.74 Å². The van der Waals surface area contributed by atoms with Gasteiger partial charge < -0.3 is 9.64 Å². The van der Waals surface area contributed by atoms with Crippen molar-refractivity contribution in [3.8, 4) is 5.75 Å². The van der Waals surface area contributed by atoms with E-state index < -0.39 is 11.6 Å². The lowest BCUT2D eigenvalue weighted by Gasteiger charge is -2.25. The number of hydrogen-bond donors (Lipinski definition) is 0. The van der Waals surface area contributed by atoms with Gasteiger partial charge >= 0.3 is 0 Å². The second kappa shape index (κ2) is 6.58. The van der Waals surface area contributed by atoms with Gasteiger partial charge in [0.15, 0.2) is 0 Å². The Morgan fingerprint density at radius 3 is 2.61 bits per heavy atom. The highest BCUT2D eigenvalue weighted by molar-refractivity contribution is 8.00. The molecule has 1 atom stereocenters. The number of methoxy groups -OCH3 is 1. The maximum atomic E-state index is 13.9. The number of ether oxygens (including phenoxy) is 1. The molecule has 0 spiro atoms. The highest BCUT2D eigenvalue weighted by atomic mass is 32.2. The minimum Gasteiger partial charge on any atom is -0.497 e. The maximum absolute atomic E-state index is 13.9. The Labute approximate surface area is 137 Å². The molecule has 3 nitrogen and oxygen atoms in total. The number of carbonyl (C=O) groups excluding carboxylic acids is 1. The summed E-state index contributed by atoms with van der Waals surface area (Å²) in [5.74, 6) is -0.444. The average molecular weight is 335 g/mol. The van der Waals surface area contributed by atoms with Crippen LogP contribution in [0, 0.1) is 11.6 Å². The molecule has 0 radical (unpaired) electrons. The zero-order chi connectivity index (χ0) is 16.4.